The number of amides is 1. The predicted octanol–water partition coefficient (Wildman–Crippen LogP) is 6.08. The molecule has 1 saturated carbocycles. The molecule has 1 N–H and O–H groups in total. The summed E-state index contributed by atoms with van der Waals surface area (Å²) in [5.41, 5.74) is 6.20. The first-order valence-electron chi connectivity index (χ1n) is 12.1. The van der Waals surface area contributed by atoms with Gasteiger partial charge >= 0.3 is 0 Å². The monoisotopic (exact) mass is 452 g/mol. The first-order chi connectivity index (χ1) is 16.1. The molecule has 0 spiro atoms. The van der Waals surface area contributed by atoms with Crippen molar-refractivity contribution in [3.8, 4) is 17.2 Å². The summed E-state index contributed by atoms with van der Waals surface area (Å²) in [6.07, 6.45) is 6.55. The Kier molecular flexibility index (Phi) is 9.16. The van der Waals surface area contributed by atoms with E-state index in [-0.39, 0.29) is 5.91 Å². The van der Waals surface area contributed by atoms with Crippen LogP contribution in [0.1, 0.15) is 87.2 Å². The Morgan fingerprint density at radius 1 is 0.879 bits per heavy atom. The molecule has 0 saturated heterocycles. The number of benzene rings is 2. The van der Waals surface area contributed by atoms with Crippen LogP contribution >= 0.6 is 0 Å². The number of hydrogen-bond acceptors (Lipinski definition) is 5. The van der Waals surface area contributed by atoms with Gasteiger partial charge in [0.1, 0.15) is 0 Å². The van der Waals surface area contributed by atoms with Crippen LogP contribution in [0, 0.1) is 0 Å². The van der Waals surface area contributed by atoms with Crippen LogP contribution in [0.2, 0.25) is 0 Å². The second-order valence-electron chi connectivity index (χ2n) is 8.20. The van der Waals surface area contributed by atoms with Crippen molar-refractivity contribution >= 4 is 11.6 Å². The van der Waals surface area contributed by atoms with E-state index < -0.39 is 0 Å². The van der Waals surface area contributed by atoms with Crippen LogP contribution in [0.4, 0.5) is 0 Å². The third-order valence-electron chi connectivity index (χ3n) is 5.90. The van der Waals surface area contributed by atoms with E-state index >= 15 is 0 Å². The number of ether oxygens (including phenoxy) is 3. The minimum atomic E-state index is -0.335. The van der Waals surface area contributed by atoms with E-state index in [1.54, 1.807) is 12.1 Å². The molecule has 2 aromatic carbocycles. The largest absolute Gasteiger partial charge is 0.490 e. The molecule has 0 bridgehead atoms. The Morgan fingerprint density at radius 3 is 2.00 bits per heavy atom. The van der Waals surface area contributed by atoms with Gasteiger partial charge < -0.3 is 14.2 Å². The maximum atomic E-state index is 12.9. The predicted molar refractivity (Wildman–Crippen MR) is 132 cm³/mol. The van der Waals surface area contributed by atoms with Crippen molar-refractivity contribution in [2.75, 3.05) is 19.8 Å². The lowest BCUT2D eigenvalue weighted by Crippen LogP contribution is -2.20. The van der Waals surface area contributed by atoms with Crippen molar-refractivity contribution in [2.45, 2.75) is 65.7 Å². The van der Waals surface area contributed by atoms with Crippen LogP contribution in [0.5, 0.6) is 17.2 Å². The molecule has 178 valence electrons. The zero-order valence-corrected chi connectivity index (χ0v) is 20.3. The summed E-state index contributed by atoms with van der Waals surface area (Å²) in [5, 5.41) is 4.33. The van der Waals surface area contributed by atoms with Gasteiger partial charge in [0.15, 0.2) is 11.5 Å². The number of carbonyl (C=O) groups excluding carboxylic acids is 1. The van der Waals surface area contributed by atoms with Crippen LogP contribution in [0.3, 0.4) is 0 Å². The Balaban J connectivity index is 1.74. The fraction of sp³-hybridized carbons (Fsp3) is 0.481. The Hall–Kier alpha value is -3.02. The fourth-order valence-corrected chi connectivity index (χ4v) is 4.22. The lowest BCUT2D eigenvalue weighted by atomic mass is 9.84. The molecular formula is C27H36N2O4. The van der Waals surface area contributed by atoms with E-state index in [2.05, 4.69) is 34.8 Å². The van der Waals surface area contributed by atoms with Gasteiger partial charge in [-0.1, -0.05) is 43.5 Å². The zero-order chi connectivity index (χ0) is 23.6. The number of rotatable bonds is 10. The van der Waals surface area contributed by atoms with Gasteiger partial charge in [-0.25, -0.2) is 5.43 Å². The summed E-state index contributed by atoms with van der Waals surface area (Å²) >= 11 is 0. The molecule has 1 aliphatic rings. The number of carbonyl (C=O) groups is 1. The van der Waals surface area contributed by atoms with Gasteiger partial charge in [-0.2, -0.15) is 5.10 Å². The smallest absolute Gasteiger partial charge is 0.271 e. The van der Waals surface area contributed by atoms with Crippen LogP contribution in [0.25, 0.3) is 0 Å². The van der Waals surface area contributed by atoms with E-state index in [4.69, 9.17) is 14.2 Å². The van der Waals surface area contributed by atoms with Gasteiger partial charge in [0, 0.05) is 5.56 Å². The maximum absolute atomic E-state index is 12.9. The second kappa shape index (κ2) is 12.3. The molecule has 3 rings (SSSR count). The molecule has 6 nitrogen and oxygen atoms in total. The highest BCUT2D eigenvalue weighted by molar-refractivity contribution is 6.01. The van der Waals surface area contributed by atoms with Crippen molar-refractivity contribution in [1.82, 2.24) is 5.43 Å². The molecule has 0 heterocycles. The number of nitrogens with zero attached hydrogens (tertiary/aromatic N) is 1. The standard InChI is InChI=1S/C27H36N2O4/c1-5-31-24-17-23(18-25(32-6-2)26(24)33-7-3)27(30)29-28-19(4)20-13-15-22(16-14-20)21-11-9-8-10-12-21/h13-18,21H,5-12H2,1-4H3,(H,29,30). The third-order valence-corrected chi connectivity index (χ3v) is 5.90. The van der Waals surface area contributed by atoms with Gasteiger partial charge in [0.25, 0.3) is 5.91 Å². The Morgan fingerprint density at radius 2 is 1.45 bits per heavy atom. The summed E-state index contributed by atoms with van der Waals surface area (Å²) in [5.74, 6) is 1.81. The van der Waals surface area contributed by atoms with Crippen LogP contribution < -0.4 is 19.6 Å². The molecule has 0 atom stereocenters. The topological polar surface area (TPSA) is 69.2 Å². The highest BCUT2D eigenvalue weighted by Gasteiger charge is 2.19. The van der Waals surface area contributed by atoms with E-state index in [1.165, 1.54) is 37.7 Å². The SMILES string of the molecule is CCOc1cc(C(=O)NN=C(C)c2ccc(C3CCCCC3)cc2)cc(OCC)c1OCC. The molecule has 0 radical (unpaired) electrons. The average Bonchev–Trinajstić information content (AvgIpc) is 2.85. The normalized spacial score (nSPS) is 14.6. The van der Waals surface area contributed by atoms with Crippen molar-refractivity contribution in [2.24, 2.45) is 5.10 Å². The summed E-state index contributed by atoms with van der Waals surface area (Å²) in [4.78, 5) is 12.9. The summed E-state index contributed by atoms with van der Waals surface area (Å²) in [6, 6.07) is 11.9. The molecule has 0 unspecified atom stereocenters. The molecular weight excluding hydrogens is 416 g/mol. The third kappa shape index (κ3) is 6.50. The lowest BCUT2D eigenvalue weighted by molar-refractivity contribution is 0.0953. The van der Waals surface area contributed by atoms with Crippen LogP contribution in [-0.4, -0.2) is 31.4 Å². The fourth-order valence-electron chi connectivity index (χ4n) is 4.22. The van der Waals surface area contributed by atoms with Crippen molar-refractivity contribution in [3.05, 3.63) is 53.1 Å². The molecule has 0 aromatic heterocycles. The minimum Gasteiger partial charge on any atom is -0.490 e. The molecule has 1 aliphatic carbocycles. The molecule has 6 heteroatoms. The van der Waals surface area contributed by atoms with E-state index in [9.17, 15) is 4.79 Å². The van der Waals surface area contributed by atoms with E-state index in [0.29, 0.717) is 48.6 Å². The van der Waals surface area contributed by atoms with Gasteiger partial charge in [0.2, 0.25) is 5.75 Å². The zero-order valence-electron chi connectivity index (χ0n) is 20.3. The molecule has 1 fully saturated rings. The molecule has 1 amide bonds. The van der Waals surface area contributed by atoms with Gasteiger partial charge in [-0.05, 0) is 69.7 Å². The van der Waals surface area contributed by atoms with Gasteiger partial charge in [-0.15, -0.1) is 0 Å². The summed E-state index contributed by atoms with van der Waals surface area (Å²) in [6.45, 7) is 8.92. The Bertz CT molecular complexity index is 920. The highest BCUT2D eigenvalue weighted by atomic mass is 16.5. The molecule has 0 aliphatic heterocycles. The van der Waals surface area contributed by atoms with Gasteiger partial charge in [0.05, 0.1) is 25.5 Å². The number of nitrogens with one attached hydrogen (secondary N) is 1. The van der Waals surface area contributed by atoms with E-state index in [1.807, 2.05) is 27.7 Å². The van der Waals surface area contributed by atoms with Crippen molar-refractivity contribution in [3.63, 3.8) is 0 Å². The summed E-state index contributed by atoms with van der Waals surface area (Å²) < 4.78 is 17.1. The van der Waals surface area contributed by atoms with Crippen LogP contribution in [-0.2, 0) is 0 Å². The Labute approximate surface area is 197 Å². The van der Waals surface area contributed by atoms with E-state index in [0.717, 1.165) is 11.3 Å². The average molecular weight is 453 g/mol. The minimum absolute atomic E-state index is 0.335. The quantitative estimate of drug-likeness (QED) is 0.350. The highest BCUT2D eigenvalue weighted by Crippen LogP contribution is 2.39. The lowest BCUT2D eigenvalue weighted by Gasteiger charge is -2.22. The number of hydrogen-bond donors (Lipinski definition) is 1. The number of hydrazone groups is 1. The first-order valence-corrected chi connectivity index (χ1v) is 12.1. The second-order valence-corrected chi connectivity index (χ2v) is 8.20. The van der Waals surface area contributed by atoms with Crippen molar-refractivity contribution < 1.29 is 19.0 Å². The molecule has 33 heavy (non-hydrogen) atoms. The maximum Gasteiger partial charge on any atom is 0.271 e. The summed E-state index contributed by atoms with van der Waals surface area (Å²) in [7, 11) is 0. The van der Waals surface area contributed by atoms with Gasteiger partial charge in [-0.3, -0.25) is 4.79 Å². The van der Waals surface area contributed by atoms with Crippen molar-refractivity contribution in [1.29, 1.82) is 0 Å². The van der Waals surface area contributed by atoms with Crippen LogP contribution in [0.15, 0.2) is 41.5 Å². The first kappa shape index (κ1) is 24.6. The molecule has 2 aromatic rings.